The lowest BCUT2D eigenvalue weighted by Gasteiger charge is -2.33. The highest BCUT2D eigenvalue weighted by Crippen LogP contribution is 2.34. The molecule has 2 atom stereocenters. The minimum atomic E-state index is 0.0313. The Morgan fingerprint density at radius 2 is 1.77 bits per heavy atom. The molecule has 1 fully saturated rings. The highest BCUT2D eigenvalue weighted by Gasteiger charge is 2.36. The molecule has 31 heavy (non-hydrogen) atoms. The van der Waals surface area contributed by atoms with Crippen LogP contribution in [0.2, 0.25) is 0 Å². The summed E-state index contributed by atoms with van der Waals surface area (Å²) in [6.07, 6.45) is 5.84. The topological polar surface area (TPSA) is 66.5 Å². The molecule has 2 aromatic carbocycles. The van der Waals surface area contributed by atoms with Crippen molar-refractivity contribution in [2.45, 2.75) is 50.7 Å². The van der Waals surface area contributed by atoms with E-state index in [4.69, 9.17) is 9.47 Å². The quantitative estimate of drug-likeness (QED) is 0.664. The number of benzene rings is 2. The Kier molecular flexibility index (Phi) is 5.59. The minimum absolute atomic E-state index is 0.0313. The summed E-state index contributed by atoms with van der Waals surface area (Å²) >= 11 is 0. The zero-order chi connectivity index (χ0) is 21.2. The molecule has 162 valence electrons. The molecular weight excluding hydrogens is 390 g/mol. The molecule has 1 aliphatic carbocycles. The van der Waals surface area contributed by atoms with Gasteiger partial charge < -0.3 is 14.4 Å². The number of nitrogens with zero attached hydrogens (tertiary/aromatic N) is 4. The van der Waals surface area contributed by atoms with Crippen molar-refractivity contribution < 1.29 is 14.4 Å². The molecule has 0 bridgehead atoms. The van der Waals surface area contributed by atoms with Crippen LogP contribution in [-0.4, -0.2) is 41.0 Å². The number of hydrogen-bond acceptors (Lipinski definition) is 5. The van der Waals surface area contributed by atoms with Gasteiger partial charge in [0.25, 0.3) is 0 Å². The Hall–Kier alpha value is -2.93. The number of tetrazole rings is 1. The number of methoxy groups -OCH3 is 2. The van der Waals surface area contributed by atoms with Crippen molar-refractivity contribution in [3.8, 4) is 11.5 Å². The van der Waals surface area contributed by atoms with Gasteiger partial charge in [0.1, 0.15) is 6.54 Å². The van der Waals surface area contributed by atoms with Gasteiger partial charge in [0, 0.05) is 17.5 Å². The summed E-state index contributed by atoms with van der Waals surface area (Å²) in [5.41, 5.74) is 4.02. The van der Waals surface area contributed by atoms with Crippen LogP contribution in [0.5, 0.6) is 11.5 Å². The zero-order valence-corrected chi connectivity index (χ0v) is 18.3. The fourth-order valence-electron chi connectivity index (χ4n) is 5.25. The molecule has 7 heteroatoms. The van der Waals surface area contributed by atoms with Crippen molar-refractivity contribution in [3.63, 3.8) is 0 Å². The van der Waals surface area contributed by atoms with Gasteiger partial charge in [-0.2, -0.15) is 0 Å². The van der Waals surface area contributed by atoms with Crippen molar-refractivity contribution in [1.29, 1.82) is 0 Å². The van der Waals surface area contributed by atoms with E-state index in [9.17, 15) is 0 Å². The van der Waals surface area contributed by atoms with Crippen molar-refractivity contribution in [3.05, 3.63) is 65.0 Å². The molecule has 5 rings (SSSR count). The predicted octanol–water partition coefficient (Wildman–Crippen LogP) is 2.54. The SMILES string of the molecule is COc1ccc([C@@H](c2nnnn2C2CCCC2)[NH+]2CCc3ccccc3C2)cc1OC. The van der Waals surface area contributed by atoms with Crippen LogP contribution in [0.4, 0.5) is 0 Å². The van der Waals surface area contributed by atoms with Gasteiger partial charge in [-0.05, 0) is 47.0 Å². The van der Waals surface area contributed by atoms with Crippen LogP contribution >= 0.6 is 0 Å². The predicted molar refractivity (Wildman–Crippen MR) is 116 cm³/mol. The van der Waals surface area contributed by atoms with E-state index in [0.29, 0.717) is 6.04 Å². The van der Waals surface area contributed by atoms with Crippen molar-refractivity contribution >= 4 is 0 Å². The molecule has 1 aliphatic heterocycles. The monoisotopic (exact) mass is 420 g/mol. The number of quaternary nitrogens is 1. The van der Waals surface area contributed by atoms with E-state index >= 15 is 0 Å². The van der Waals surface area contributed by atoms with Crippen LogP contribution in [0.25, 0.3) is 0 Å². The van der Waals surface area contributed by atoms with Gasteiger partial charge in [0.15, 0.2) is 17.5 Å². The fourth-order valence-corrected chi connectivity index (χ4v) is 5.25. The van der Waals surface area contributed by atoms with Crippen LogP contribution < -0.4 is 14.4 Å². The minimum Gasteiger partial charge on any atom is -0.493 e. The molecule has 7 nitrogen and oxygen atoms in total. The smallest absolute Gasteiger partial charge is 0.214 e. The van der Waals surface area contributed by atoms with Crippen molar-refractivity contribution in [1.82, 2.24) is 20.2 Å². The van der Waals surface area contributed by atoms with Crippen LogP contribution in [0.3, 0.4) is 0 Å². The van der Waals surface area contributed by atoms with Gasteiger partial charge >= 0.3 is 0 Å². The molecule has 0 amide bonds. The van der Waals surface area contributed by atoms with Gasteiger partial charge in [-0.3, -0.25) is 0 Å². The van der Waals surface area contributed by atoms with E-state index in [1.807, 2.05) is 6.07 Å². The molecule has 2 heterocycles. The first kappa shape index (κ1) is 20.0. The van der Waals surface area contributed by atoms with E-state index in [0.717, 1.165) is 55.2 Å². The van der Waals surface area contributed by atoms with Gasteiger partial charge in [0.05, 0.1) is 26.8 Å². The Bertz CT molecular complexity index is 1040. The Labute approximate surface area is 183 Å². The van der Waals surface area contributed by atoms with E-state index in [2.05, 4.69) is 56.6 Å². The summed E-state index contributed by atoms with van der Waals surface area (Å²) in [5.74, 6) is 2.43. The molecule has 0 saturated heterocycles. The lowest BCUT2D eigenvalue weighted by Crippen LogP contribution is -3.12. The van der Waals surface area contributed by atoms with Crippen LogP contribution in [0, 0.1) is 0 Å². The third kappa shape index (κ3) is 3.78. The summed E-state index contributed by atoms with van der Waals surface area (Å²) in [7, 11) is 3.35. The lowest BCUT2D eigenvalue weighted by molar-refractivity contribution is -0.941. The van der Waals surface area contributed by atoms with E-state index in [1.54, 1.807) is 14.2 Å². The first-order valence-electron chi connectivity index (χ1n) is 11.2. The number of nitrogens with one attached hydrogen (secondary N) is 1. The Morgan fingerprint density at radius 3 is 2.55 bits per heavy atom. The average Bonchev–Trinajstić information content (AvgIpc) is 3.51. The normalized spacial score (nSPS) is 19.7. The molecule has 1 N–H and O–H groups in total. The highest BCUT2D eigenvalue weighted by atomic mass is 16.5. The Balaban J connectivity index is 1.58. The molecule has 3 aromatic rings. The molecule has 1 saturated carbocycles. The fraction of sp³-hybridized carbons (Fsp3) is 0.458. The summed E-state index contributed by atoms with van der Waals surface area (Å²) < 4.78 is 13.2. The standard InChI is InChI=1S/C24H29N5O2/c1-30-21-12-11-18(15-22(21)31-2)23(24-25-26-27-29(24)20-9-5-6-10-20)28-14-13-17-7-3-4-8-19(17)16-28/h3-4,7-8,11-12,15,20,23H,5-6,9-10,13-14,16H2,1-2H3/p+1/t23-/m0/s1. The van der Waals surface area contributed by atoms with Crippen LogP contribution in [-0.2, 0) is 13.0 Å². The zero-order valence-electron chi connectivity index (χ0n) is 18.3. The third-order valence-corrected chi connectivity index (χ3v) is 6.85. The third-order valence-electron chi connectivity index (χ3n) is 6.85. The lowest BCUT2D eigenvalue weighted by atomic mass is 9.95. The van der Waals surface area contributed by atoms with E-state index < -0.39 is 0 Å². The molecule has 2 aliphatic rings. The number of ether oxygens (including phenoxy) is 2. The maximum atomic E-state index is 5.63. The molecule has 0 spiro atoms. The van der Waals surface area contributed by atoms with Crippen LogP contribution in [0.1, 0.15) is 60.3 Å². The van der Waals surface area contributed by atoms with Crippen molar-refractivity contribution in [2.24, 2.45) is 0 Å². The Morgan fingerprint density at radius 1 is 1.00 bits per heavy atom. The second-order valence-electron chi connectivity index (χ2n) is 8.57. The maximum Gasteiger partial charge on any atom is 0.214 e. The number of hydrogen-bond donors (Lipinski definition) is 1. The van der Waals surface area contributed by atoms with Crippen LogP contribution in [0.15, 0.2) is 42.5 Å². The number of fused-ring (bicyclic) bond motifs is 1. The summed E-state index contributed by atoms with van der Waals surface area (Å²) in [5, 5.41) is 13.1. The first-order valence-corrected chi connectivity index (χ1v) is 11.2. The number of rotatable bonds is 6. The molecule has 1 unspecified atom stereocenters. The highest BCUT2D eigenvalue weighted by molar-refractivity contribution is 5.44. The first-order chi connectivity index (χ1) is 15.3. The van der Waals surface area contributed by atoms with Crippen molar-refractivity contribution in [2.75, 3.05) is 20.8 Å². The second-order valence-corrected chi connectivity index (χ2v) is 8.57. The maximum absolute atomic E-state index is 5.63. The molecule has 0 radical (unpaired) electrons. The van der Waals surface area contributed by atoms with Gasteiger partial charge in [0.2, 0.25) is 5.82 Å². The summed E-state index contributed by atoms with van der Waals surface area (Å²) in [6.45, 7) is 1.99. The van der Waals surface area contributed by atoms with Gasteiger partial charge in [-0.25, -0.2) is 4.68 Å². The second kappa shape index (κ2) is 8.67. The van der Waals surface area contributed by atoms with E-state index in [1.165, 1.54) is 28.9 Å². The summed E-state index contributed by atoms with van der Waals surface area (Å²) in [6, 6.07) is 15.4. The average molecular weight is 421 g/mol. The summed E-state index contributed by atoms with van der Waals surface area (Å²) in [4.78, 5) is 1.46. The largest absolute Gasteiger partial charge is 0.493 e. The molecule has 1 aromatic heterocycles. The number of aromatic nitrogens is 4. The van der Waals surface area contributed by atoms with Gasteiger partial charge in [-0.1, -0.05) is 37.1 Å². The molecular formula is C24H30N5O2+. The van der Waals surface area contributed by atoms with Gasteiger partial charge in [-0.15, -0.1) is 5.10 Å². The van der Waals surface area contributed by atoms with E-state index in [-0.39, 0.29) is 6.04 Å².